The molecule has 2 heterocycles. The Hall–Kier alpha value is -3.16. The summed E-state index contributed by atoms with van der Waals surface area (Å²) in [5.41, 5.74) is 1.14. The molecule has 5 nitrogen and oxygen atoms in total. The number of fused-ring (bicyclic) bond motifs is 2. The molecule has 1 aromatic heterocycles. The number of carbonyl (C=O) groups is 1. The van der Waals surface area contributed by atoms with Gasteiger partial charge in [0, 0.05) is 22.2 Å². The molecule has 2 aliphatic rings. The number of alkyl halides is 2. The van der Waals surface area contributed by atoms with Gasteiger partial charge in [0.15, 0.2) is 11.5 Å². The summed E-state index contributed by atoms with van der Waals surface area (Å²) in [5.74, 6) is -0.947. The van der Waals surface area contributed by atoms with E-state index in [0.29, 0.717) is 35.0 Å². The van der Waals surface area contributed by atoms with Crippen LogP contribution in [0.4, 0.5) is 18.9 Å². The van der Waals surface area contributed by atoms with Crippen molar-refractivity contribution >= 4 is 22.5 Å². The zero-order valence-corrected chi connectivity index (χ0v) is 17.2. The van der Waals surface area contributed by atoms with Crippen molar-refractivity contribution in [2.45, 2.75) is 50.7 Å². The highest BCUT2D eigenvalue weighted by molar-refractivity contribution is 6.02. The monoisotopic (exact) mass is 430 g/mol. The summed E-state index contributed by atoms with van der Waals surface area (Å²) in [6.45, 7) is 6.07. The standard InChI is InChI=1S/C23H21F3N2O3/c1-21(2,3)18-9-12-8-14(11-15(24)19(12)28-18)27-20(29)22(6-7-22)13-4-5-16-17(10-13)31-23(25,26)30-16/h4-5,8-11,28H,6-7H2,1-3H3,(H,27,29). The molecule has 162 valence electrons. The molecule has 3 aromatic rings. The molecule has 0 radical (unpaired) electrons. The number of aromatic amines is 1. The minimum absolute atomic E-state index is 0.0698. The Balaban J connectivity index is 1.42. The maximum atomic E-state index is 14.7. The predicted molar refractivity (Wildman–Crippen MR) is 109 cm³/mol. The second-order valence-corrected chi connectivity index (χ2v) is 9.22. The third-order valence-corrected chi connectivity index (χ3v) is 5.88. The van der Waals surface area contributed by atoms with Crippen LogP contribution in [-0.4, -0.2) is 17.2 Å². The van der Waals surface area contributed by atoms with Crippen molar-refractivity contribution in [2.24, 2.45) is 0 Å². The summed E-state index contributed by atoms with van der Waals surface area (Å²) < 4.78 is 50.2. The number of hydrogen-bond donors (Lipinski definition) is 2. The van der Waals surface area contributed by atoms with Crippen LogP contribution in [0.25, 0.3) is 10.9 Å². The third kappa shape index (κ3) is 3.30. The van der Waals surface area contributed by atoms with Crippen molar-refractivity contribution in [1.82, 2.24) is 4.98 Å². The van der Waals surface area contributed by atoms with E-state index in [0.717, 1.165) is 5.69 Å². The molecule has 1 aliphatic carbocycles. The molecule has 0 bridgehead atoms. The molecule has 1 fully saturated rings. The van der Waals surface area contributed by atoms with Crippen LogP contribution in [0.3, 0.4) is 0 Å². The second kappa shape index (κ2) is 6.18. The molecule has 1 aliphatic heterocycles. The van der Waals surface area contributed by atoms with Gasteiger partial charge in [0.25, 0.3) is 0 Å². The van der Waals surface area contributed by atoms with Crippen LogP contribution < -0.4 is 14.8 Å². The Kier molecular flexibility index (Phi) is 3.95. The van der Waals surface area contributed by atoms with E-state index in [4.69, 9.17) is 0 Å². The maximum Gasteiger partial charge on any atom is 0.586 e. The molecule has 1 saturated carbocycles. The van der Waals surface area contributed by atoms with E-state index >= 15 is 0 Å². The Labute approximate surface area is 176 Å². The number of rotatable bonds is 3. The van der Waals surface area contributed by atoms with E-state index in [2.05, 4.69) is 19.8 Å². The van der Waals surface area contributed by atoms with E-state index in [-0.39, 0.29) is 22.8 Å². The number of anilines is 1. The molecule has 0 saturated heterocycles. The number of hydrogen-bond acceptors (Lipinski definition) is 3. The zero-order chi connectivity index (χ0) is 22.2. The molecule has 2 N–H and O–H groups in total. The van der Waals surface area contributed by atoms with Gasteiger partial charge in [-0.05, 0) is 48.7 Å². The van der Waals surface area contributed by atoms with Gasteiger partial charge in [0.1, 0.15) is 5.82 Å². The molecule has 0 unspecified atom stereocenters. The van der Waals surface area contributed by atoms with Gasteiger partial charge in [-0.3, -0.25) is 4.79 Å². The highest BCUT2D eigenvalue weighted by Crippen LogP contribution is 2.52. The van der Waals surface area contributed by atoms with Gasteiger partial charge in [0.05, 0.1) is 10.9 Å². The van der Waals surface area contributed by atoms with Crippen molar-refractivity contribution < 1.29 is 27.4 Å². The lowest BCUT2D eigenvalue weighted by molar-refractivity contribution is -0.286. The number of ether oxygens (including phenoxy) is 2. The minimum atomic E-state index is -3.71. The summed E-state index contributed by atoms with van der Waals surface area (Å²) in [5, 5.41) is 3.46. The fraction of sp³-hybridized carbons (Fsp3) is 0.348. The van der Waals surface area contributed by atoms with Gasteiger partial charge in [-0.2, -0.15) is 0 Å². The lowest BCUT2D eigenvalue weighted by atomic mass is 9.92. The SMILES string of the molecule is CC(C)(C)c1cc2cc(NC(=O)C3(c4ccc5c(c4)OC(F)(F)O5)CC3)cc(F)c2[nH]1. The Morgan fingerprint density at radius 1 is 1.06 bits per heavy atom. The van der Waals surface area contributed by atoms with E-state index in [9.17, 15) is 18.0 Å². The summed E-state index contributed by atoms with van der Waals surface area (Å²) in [7, 11) is 0. The first-order valence-corrected chi connectivity index (χ1v) is 10.0. The number of aromatic nitrogens is 1. The molecule has 2 aromatic carbocycles. The normalized spacial score (nSPS) is 18.3. The number of benzene rings is 2. The number of carbonyl (C=O) groups excluding carboxylic acids is 1. The number of nitrogens with one attached hydrogen (secondary N) is 2. The first-order chi connectivity index (χ1) is 14.5. The number of amides is 1. The Bertz CT molecular complexity index is 1220. The van der Waals surface area contributed by atoms with Crippen molar-refractivity contribution in [3.63, 3.8) is 0 Å². The lowest BCUT2D eigenvalue weighted by Crippen LogP contribution is -2.28. The Morgan fingerprint density at radius 3 is 2.45 bits per heavy atom. The third-order valence-electron chi connectivity index (χ3n) is 5.88. The van der Waals surface area contributed by atoms with Gasteiger partial charge in [0.2, 0.25) is 5.91 Å². The van der Waals surface area contributed by atoms with Crippen LogP contribution >= 0.6 is 0 Å². The fourth-order valence-corrected chi connectivity index (χ4v) is 3.95. The maximum absolute atomic E-state index is 14.7. The molecular weight excluding hydrogens is 409 g/mol. The van der Waals surface area contributed by atoms with Crippen LogP contribution in [0.2, 0.25) is 0 Å². The summed E-state index contributed by atoms with van der Waals surface area (Å²) in [6, 6.07) is 9.24. The first kappa shape index (κ1) is 19.8. The zero-order valence-electron chi connectivity index (χ0n) is 17.2. The van der Waals surface area contributed by atoms with Crippen molar-refractivity contribution in [3.05, 3.63) is 53.5 Å². The van der Waals surface area contributed by atoms with E-state index in [1.807, 2.05) is 26.8 Å². The largest absolute Gasteiger partial charge is 0.586 e. The van der Waals surface area contributed by atoms with Gasteiger partial charge in [-0.1, -0.05) is 26.8 Å². The van der Waals surface area contributed by atoms with Crippen molar-refractivity contribution in [2.75, 3.05) is 5.32 Å². The summed E-state index contributed by atoms with van der Waals surface area (Å²) >= 11 is 0. The lowest BCUT2D eigenvalue weighted by Gasteiger charge is -2.16. The Morgan fingerprint density at radius 2 is 1.77 bits per heavy atom. The van der Waals surface area contributed by atoms with Gasteiger partial charge in [-0.15, -0.1) is 8.78 Å². The smallest absolute Gasteiger partial charge is 0.395 e. The fourth-order valence-electron chi connectivity index (χ4n) is 3.95. The molecule has 0 atom stereocenters. The van der Waals surface area contributed by atoms with Crippen LogP contribution in [0.1, 0.15) is 44.9 Å². The topological polar surface area (TPSA) is 63.4 Å². The molecule has 1 amide bonds. The van der Waals surface area contributed by atoms with Gasteiger partial charge >= 0.3 is 6.29 Å². The van der Waals surface area contributed by atoms with Gasteiger partial charge in [-0.25, -0.2) is 4.39 Å². The number of H-pyrrole nitrogens is 1. The average molecular weight is 430 g/mol. The highest BCUT2D eigenvalue weighted by Gasteiger charge is 2.52. The summed E-state index contributed by atoms with van der Waals surface area (Å²) in [6.07, 6.45) is -2.61. The van der Waals surface area contributed by atoms with Crippen LogP contribution in [0, 0.1) is 5.82 Å². The molecule has 5 rings (SSSR count). The molecular formula is C23H21F3N2O3. The summed E-state index contributed by atoms with van der Waals surface area (Å²) in [4.78, 5) is 16.2. The van der Waals surface area contributed by atoms with Crippen LogP contribution in [-0.2, 0) is 15.6 Å². The van der Waals surface area contributed by atoms with E-state index in [1.54, 1.807) is 12.1 Å². The van der Waals surface area contributed by atoms with Gasteiger partial charge < -0.3 is 19.8 Å². The molecule has 8 heteroatoms. The van der Waals surface area contributed by atoms with Crippen molar-refractivity contribution in [1.29, 1.82) is 0 Å². The first-order valence-electron chi connectivity index (χ1n) is 10.0. The van der Waals surface area contributed by atoms with Crippen molar-refractivity contribution in [3.8, 4) is 11.5 Å². The quantitative estimate of drug-likeness (QED) is 0.569. The highest BCUT2D eigenvalue weighted by atomic mass is 19.3. The van der Waals surface area contributed by atoms with E-state index < -0.39 is 17.5 Å². The van der Waals surface area contributed by atoms with E-state index in [1.165, 1.54) is 18.2 Å². The minimum Gasteiger partial charge on any atom is -0.395 e. The predicted octanol–water partition coefficient (Wildman–Crippen LogP) is 5.60. The van der Waals surface area contributed by atoms with Crippen LogP contribution in [0.5, 0.6) is 11.5 Å². The molecule has 0 spiro atoms. The van der Waals surface area contributed by atoms with Crippen LogP contribution in [0.15, 0.2) is 36.4 Å². The second-order valence-electron chi connectivity index (χ2n) is 9.22. The average Bonchev–Trinajstić information content (AvgIpc) is 3.24. The number of halogens is 3. The molecule has 31 heavy (non-hydrogen) atoms.